The van der Waals surface area contributed by atoms with Crippen molar-refractivity contribution in [2.45, 2.75) is 0 Å². The van der Waals surface area contributed by atoms with Crippen LogP contribution < -0.4 is 5.73 Å². The molecule has 0 aliphatic heterocycles. The molecule has 0 amide bonds. The van der Waals surface area contributed by atoms with E-state index in [-0.39, 0.29) is 22.4 Å². The minimum atomic E-state index is -0.544. The van der Waals surface area contributed by atoms with E-state index in [1.807, 2.05) is 0 Å². The standard InChI is InChI=1S/C9H7N5O3S/c10-9(18)13-12-7-5-3-4(14(16)17)1-2-6(5)11-8(7)15/h1-3,11,15H,(H2,10,18). The summed E-state index contributed by atoms with van der Waals surface area (Å²) in [6.45, 7) is 0. The Morgan fingerprint density at radius 3 is 2.89 bits per heavy atom. The lowest BCUT2D eigenvalue weighted by atomic mass is 10.2. The van der Waals surface area contributed by atoms with Crippen LogP contribution in [0.25, 0.3) is 10.9 Å². The zero-order valence-corrected chi connectivity index (χ0v) is 9.64. The molecule has 0 bridgehead atoms. The number of H-pyrrole nitrogens is 1. The summed E-state index contributed by atoms with van der Waals surface area (Å²) in [5, 5.41) is 27.5. The number of azo groups is 1. The second-order valence-electron chi connectivity index (χ2n) is 3.35. The lowest BCUT2D eigenvalue weighted by molar-refractivity contribution is -0.384. The first-order chi connectivity index (χ1) is 8.49. The van der Waals surface area contributed by atoms with Crippen LogP contribution in [0.2, 0.25) is 0 Å². The van der Waals surface area contributed by atoms with Gasteiger partial charge >= 0.3 is 0 Å². The first kappa shape index (κ1) is 11.9. The number of hydrogen-bond acceptors (Lipinski definition) is 5. The summed E-state index contributed by atoms with van der Waals surface area (Å²) in [6, 6.07) is 4.05. The maximum absolute atomic E-state index is 10.7. The van der Waals surface area contributed by atoms with Crippen molar-refractivity contribution in [3.8, 4) is 5.88 Å². The molecule has 1 heterocycles. The van der Waals surface area contributed by atoms with Crippen LogP contribution in [0, 0.1) is 10.1 Å². The van der Waals surface area contributed by atoms with E-state index in [4.69, 9.17) is 5.73 Å². The van der Waals surface area contributed by atoms with Crippen LogP contribution in [0.3, 0.4) is 0 Å². The molecule has 0 fully saturated rings. The molecule has 1 aromatic carbocycles. The molecular weight excluding hydrogens is 258 g/mol. The zero-order valence-electron chi connectivity index (χ0n) is 8.82. The largest absolute Gasteiger partial charge is 0.493 e. The van der Waals surface area contributed by atoms with Crippen molar-refractivity contribution in [2.75, 3.05) is 0 Å². The summed E-state index contributed by atoms with van der Waals surface area (Å²) in [7, 11) is 0. The van der Waals surface area contributed by atoms with Gasteiger partial charge in [0.25, 0.3) is 5.69 Å². The van der Waals surface area contributed by atoms with Gasteiger partial charge < -0.3 is 15.8 Å². The van der Waals surface area contributed by atoms with E-state index in [1.165, 1.54) is 18.2 Å². The van der Waals surface area contributed by atoms with Crippen LogP contribution in [0.5, 0.6) is 5.88 Å². The average Bonchev–Trinajstić information content (AvgIpc) is 2.60. The molecule has 9 heteroatoms. The number of aromatic amines is 1. The van der Waals surface area contributed by atoms with Crippen LogP contribution in [0.15, 0.2) is 28.4 Å². The molecular formula is C9H7N5O3S. The third-order valence-corrected chi connectivity index (χ3v) is 2.28. The summed E-state index contributed by atoms with van der Waals surface area (Å²) < 4.78 is 0. The monoisotopic (exact) mass is 265 g/mol. The minimum Gasteiger partial charge on any atom is -0.493 e. The van der Waals surface area contributed by atoms with Gasteiger partial charge in [0.05, 0.1) is 10.4 Å². The van der Waals surface area contributed by atoms with Crippen molar-refractivity contribution in [3.05, 3.63) is 28.3 Å². The van der Waals surface area contributed by atoms with Crippen molar-refractivity contribution in [2.24, 2.45) is 16.0 Å². The Morgan fingerprint density at radius 2 is 2.28 bits per heavy atom. The Balaban J connectivity index is 2.63. The van der Waals surface area contributed by atoms with Gasteiger partial charge in [-0.25, -0.2) is 0 Å². The Morgan fingerprint density at radius 1 is 1.56 bits per heavy atom. The highest BCUT2D eigenvalue weighted by Gasteiger charge is 2.14. The van der Waals surface area contributed by atoms with Gasteiger partial charge in [-0.15, -0.1) is 10.2 Å². The molecule has 0 saturated carbocycles. The van der Waals surface area contributed by atoms with Crippen molar-refractivity contribution in [1.29, 1.82) is 0 Å². The predicted molar refractivity (Wildman–Crippen MR) is 67.9 cm³/mol. The number of thiocarbonyl (C=S) groups is 1. The fourth-order valence-electron chi connectivity index (χ4n) is 1.47. The maximum atomic E-state index is 10.7. The van der Waals surface area contributed by atoms with E-state index < -0.39 is 4.92 Å². The lowest BCUT2D eigenvalue weighted by Crippen LogP contribution is -2.01. The maximum Gasteiger partial charge on any atom is 0.270 e. The number of fused-ring (bicyclic) bond motifs is 1. The average molecular weight is 265 g/mol. The Labute approximate surface area is 105 Å². The number of nitrogens with zero attached hydrogens (tertiary/aromatic N) is 3. The molecule has 0 unspecified atom stereocenters. The summed E-state index contributed by atoms with van der Waals surface area (Å²) in [5.74, 6) is -0.259. The van der Waals surface area contributed by atoms with E-state index in [1.54, 1.807) is 0 Å². The predicted octanol–water partition coefficient (Wildman–Crippen LogP) is 2.11. The molecule has 4 N–H and O–H groups in total. The first-order valence-electron chi connectivity index (χ1n) is 4.69. The summed E-state index contributed by atoms with van der Waals surface area (Å²) in [6.07, 6.45) is 0. The number of benzene rings is 1. The molecule has 2 rings (SSSR count). The summed E-state index contributed by atoms with van der Waals surface area (Å²) in [5.41, 5.74) is 5.59. The second kappa shape index (κ2) is 4.37. The Hall–Kier alpha value is -2.55. The number of aromatic nitrogens is 1. The third-order valence-electron chi connectivity index (χ3n) is 2.20. The van der Waals surface area contributed by atoms with Gasteiger partial charge in [0.15, 0.2) is 5.69 Å². The van der Waals surface area contributed by atoms with Gasteiger partial charge in [-0.3, -0.25) is 10.1 Å². The molecule has 1 aromatic heterocycles. The van der Waals surface area contributed by atoms with Crippen molar-refractivity contribution in [1.82, 2.24) is 4.98 Å². The number of non-ortho nitro benzene ring substituents is 1. The summed E-state index contributed by atoms with van der Waals surface area (Å²) >= 11 is 4.52. The van der Waals surface area contributed by atoms with E-state index >= 15 is 0 Å². The van der Waals surface area contributed by atoms with E-state index in [0.717, 1.165) is 0 Å². The molecule has 0 atom stereocenters. The molecule has 8 nitrogen and oxygen atoms in total. The quantitative estimate of drug-likeness (QED) is 0.331. The fraction of sp³-hybridized carbons (Fsp3) is 0. The number of nitro benzene ring substituents is 1. The highest BCUT2D eigenvalue weighted by Crippen LogP contribution is 2.37. The van der Waals surface area contributed by atoms with Crippen molar-refractivity contribution in [3.63, 3.8) is 0 Å². The SMILES string of the molecule is NC(=S)N=Nc1c(O)[nH]c2ccc([N+](=O)[O-])cc12. The highest BCUT2D eigenvalue weighted by atomic mass is 32.1. The van der Waals surface area contributed by atoms with Gasteiger partial charge in [0.2, 0.25) is 11.0 Å². The van der Waals surface area contributed by atoms with Crippen LogP contribution in [-0.2, 0) is 0 Å². The normalized spacial score (nSPS) is 11.1. The number of nitrogens with two attached hydrogens (primary N) is 1. The van der Waals surface area contributed by atoms with E-state index in [9.17, 15) is 15.2 Å². The summed E-state index contributed by atoms with van der Waals surface area (Å²) in [4.78, 5) is 12.7. The number of aromatic hydroxyl groups is 1. The van der Waals surface area contributed by atoms with Gasteiger partial charge in [0.1, 0.15) is 0 Å². The van der Waals surface area contributed by atoms with Crippen molar-refractivity contribution >= 4 is 39.6 Å². The molecule has 0 saturated heterocycles. The molecule has 0 spiro atoms. The van der Waals surface area contributed by atoms with Crippen LogP contribution in [0.4, 0.5) is 11.4 Å². The van der Waals surface area contributed by atoms with Crippen LogP contribution in [0.1, 0.15) is 0 Å². The topological polar surface area (TPSA) is 130 Å². The van der Waals surface area contributed by atoms with Crippen LogP contribution >= 0.6 is 12.2 Å². The molecule has 92 valence electrons. The highest BCUT2D eigenvalue weighted by molar-refractivity contribution is 7.80. The molecule has 18 heavy (non-hydrogen) atoms. The first-order valence-corrected chi connectivity index (χ1v) is 5.10. The Bertz CT molecular complexity index is 678. The van der Waals surface area contributed by atoms with Gasteiger partial charge in [-0.2, -0.15) is 0 Å². The second-order valence-corrected chi connectivity index (χ2v) is 3.77. The number of hydrogen-bond donors (Lipinski definition) is 3. The van der Waals surface area contributed by atoms with Crippen molar-refractivity contribution < 1.29 is 10.0 Å². The van der Waals surface area contributed by atoms with Crippen LogP contribution in [-0.4, -0.2) is 20.1 Å². The van der Waals surface area contributed by atoms with E-state index in [0.29, 0.717) is 10.9 Å². The number of nitro groups is 1. The van der Waals surface area contributed by atoms with Gasteiger partial charge in [0, 0.05) is 17.5 Å². The Kier molecular flexibility index (Phi) is 2.90. The van der Waals surface area contributed by atoms with Gasteiger partial charge in [-0.1, -0.05) is 0 Å². The third kappa shape index (κ3) is 2.11. The van der Waals surface area contributed by atoms with E-state index in [2.05, 4.69) is 27.4 Å². The fourth-order valence-corrected chi connectivity index (χ4v) is 1.51. The van der Waals surface area contributed by atoms with Gasteiger partial charge in [-0.05, 0) is 18.3 Å². The molecule has 2 aromatic rings. The number of nitrogens with one attached hydrogen (secondary N) is 1. The smallest absolute Gasteiger partial charge is 0.270 e. The molecule has 0 aliphatic carbocycles. The molecule has 0 aliphatic rings. The lowest BCUT2D eigenvalue weighted by Gasteiger charge is -1.92. The number of rotatable bonds is 2. The zero-order chi connectivity index (χ0) is 13.3. The molecule has 0 radical (unpaired) electrons. The minimum absolute atomic E-state index is 0.0569.